The number of amides is 1. The van der Waals surface area contributed by atoms with Crippen LogP contribution in [0.4, 0.5) is 0 Å². The van der Waals surface area contributed by atoms with Crippen LogP contribution in [0.2, 0.25) is 0 Å². The van der Waals surface area contributed by atoms with Crippen molar-refractivity contribution in [1.82, 2.24) is 14.8 Å². The molecule has 2 fully saturated rings. The van der Waals surface area contributed by atoms with E-state index in [0.717, 1.165) is 23.9 Å². The van der Waals surface area contributed by atoms with Gasteiger partial charge in [-0.3, -0.25) is 14.7 Å². The highest BCUT2D eigenvalue weighted by Crippen LogP contribution is 2.25. The number of ether oxygens (including phenoxy) is 1. The minimum absolute atomic E-state index is 0.135. The average Bonchev–Trinajstić information content (AvgIpc) is 3.01. The molecule has 6 nitrogen and oxygen atoms in total. The molecule has 0 aliphatic carbocycles. The number of benzene rings is 1. The van der Waals surface area contributed by atoms with Crippen molar-refractivity contribution in [3.63, 3.8) is 0 Å². The number of carbonyl (C=O) groups is 1. The Hall–Kier alpha value is -2.02. The van der Waals surface area contributed by atoms with Crippen LogP contribution in [0.1, 0.15) is 5.56 Å². The van der Waals surface area contributed by atoms with E-state index in [-0.39, 0.29) is 11.8 Å². The van der Waals surface area contributed by atoms with Crippen LogP contribution in [0.3, 0.4) is 0 Å². The molecule has 0 unspecified atom stereocenters. The van der Waals surface area contributed by atoms with E-state index in [0.29, 0.717) is 39.4 Å². The smallest absolute Gasteiger partial charge is 0.236 e. The second kappa shape index (κ2) is 7.70. The van der Waals surface area contributed by atoms with Crippen molar-refractivity contribution >= 4 is 16.8 Å². The Balaban J connectivity index is 1.40. The Labute approximate surface area is 153 Å². The Kier molecular flexibility index (Phi) is 5.15. The molecule has 138 valence electrons. The van der Waals surface area contributed by atoms with E-state index < -0.39 is 6.10 Å². The number of carbonyl (C=O) groups excluding carboxylic acids is 1. The monoisotopic (exact) mass is 355 g/mol. The van der Waals surface area contributed by atoms with Crippen LogP contribution in [-0.2, 0) is 16.0 Å². The van der Waals surface area contributed by atoms with Crippen LogP contribution in [0.15, 0.2) is 36.5 Å². The van der Waals surface area contributed by atoms with Gasteiger partial charge in [0, 0.05) is 43.7 Å². The summed E-state index contributed by atoms with van der Waals surface area (Å²) in [4.78, 5) is 20.8. The minimum atomic E-state index is -0.403. The summed E-state index contributed by atoms with van der Waals surface area (Å²) < 4.78 is 5.30. The van der Waals surface area contributed by atoms with Crippen LogP contribution in [0.25, 0.3) is 10.9 Å². The molecule has 6 heteroatoms. The predicted molar refractivity (Wildman–Crippen MR) is 98.8 cm³/mol. The maximum Gasteiger partial charge on any atom is 0.236 e. The van der Waals surface area contributed by atoms with Gasteiger partial charge in [-0.25, -0.2) is 0 Å². The molecule has 1 N–H and O–H groups in total. The third-order valence-corrected chi connectivity index (χ3v) is 5.43. The van der Waals surface area contributed by atoms with Gasteiger partial charge in [0.1, 0.15) is 0 Å². The molecule has 3 heterocycles. The fourth-order valence-electron chi connectivity index (χ4n) is 3.99. The molecule has 0 saturated carbocycles. The largest absolute Gasteiger partial charge is 0.391 e. The second-order valence-electron chi connectivity index (χ2n) is 7.21. The lowest BCUT2D eigenvalue weighted by Gasteiger charge is -2.28. The molecule has 1 aromatic heterocycles. The number of para-hydroxylation sites is 1. The van der Waals surface area contributed by atoms with Gasteiger partial charge in [0.2, 0.25) is 5.91 Å². The summed E-state index contributed by atoms with van der Waals surface area (Å²) in [6.45, 7) is 4.25. The van der Waals surface area contributed by atoms with Crippen molar-refractivity contribution in [3.05, 3.63) is 42.1 Å². The standard InChI is InChI=1S/C20H25N3O3/c24-19-13-22(14-20(25)23-7-9-26-10-8-23)12-16(19)11-15-5-6-21-18-4-2-1-3-17(15)18/h1-6,16,19,24H,7-14H2/t16-,19-/m1/s1. The van der Waals surface area contributed by atoms with E-state index in [4.69, 9.17) is 4.74 Å². The number of hydrogen-bond acceptors (Lipinski definition) is 5. The summed E-state index contributed by atoms with van der Waals surface area (Å²) in [5, 5.41) is 11.7. The van der Waals surface area contributed by atoms with E-state index in [1.165, 1.54) is 5.56 Å². The number of pyridine rings is 1. The fraction of sp³-hybridized carbons (Fsp3) is 0.500. The van der Waals surface area contributed by atoms with Gasteiger partial charge < -0.3 is 14.7 Å². The molecule has 2 saturated heterocycles. The molecule has 2 aliphatic rings. The molecular formula is C20H25N3O3. The van der Waals surface area contributed by atoms with Gasteiger partial charge in [-0.05, 0) is 24.1 Å². The molecule has 4 rings (SSSR count). The first-order chi connectivity index (χ1) is 12.7. The van der Waals surface area contributed by atoms with Gasteiger partial charge in [0.25, 0.3) is 0 Å². The molecule has 2 aromatic rings. The number of aliphatic hydroxyl groups excluding tert-OH is 1. The number of likely N-dealkylation sites (tertiary alicyclic amines) is 1. The number of hydrogen-bond donors (Lipinski definition) is 1. The van der Waals surface area contributed by atoms with Gasteiger partial charge in [-0.15, -0.1) is 0 Å². The lowest BCUT2D eigenvalue weighted by atomic mass is 9.94. The summed E-state index contributed by atoms with van der Waals surface area (Å²) in [6, 6.07) is 10.1. The maximum absolute atomic E-state index is 12.4. The Morgan fingerprint density at radius 3 is 2.85 bits per heavy atom. The number of aromatic nitrogens is 1. The van der Waals surface area contributed by atoms with E-state index in [1.807, 2.05) is 35.4 Å². The maximum atomic E-state index is 12.4. The van der Waals surface area contributed by atoms with Gasteiger partial charge in [0.15, 0.2) is 0 Å². The van der Waals surface area contributed by atoms with Crippen LogP contribution < -0.4 is 0 Å². The number of aliphatic hydroxyl groups is 1. The van der Waals surface area contributed by atoms with E-state index in [2.05, 4.69) is 16.0 Å². The number of fused-ring (bicyclic) bond motifs is 1. The average molecular weight is 355 g/mol. The van der Waals surface area contributed by atoms with Crippen molar-refractivity contribution in [2.45, 2.75) is 12.5 Å². The van der Waals surface area contributed by atoms with Gasteiger partial charge >= 0.3 is 0 Å². The summed E-state index contributed by atoms with van der Waals surface area (Å²) in [7, 11) is 0. The molecule has 0 spiro atoms. The Bertz CT molecular complexity index is 770. The molecule has 1 amide bonds. The first kappa shape index (κ1) is 17.4. The quantitative estimate of drug-likeness (QED) is 0.884. The highest BCUT2D eigenvalue weighted by molar-refractivity contribution is 5.82. The number of nitrogens with zero attached hydrogens (tertiary/aromatic N) is 3. The molecule has 26 heavy (non-hydrogen) atoms. The third kappa shape index (κ3) is 3.72. The molecular weight excluding hydrogens is 330 g/mol. The Morgan fingerprint density at radius 2 is 2.00 bits per heavy atom. The number of morpholine rings is 1. The molecule has 2 atom stereocenters. The molecule has 0 radical (unpaired) electrons. The van der Waals surface area contributed by atoms with Crippen LogP contribution >= 0.6 is 0 Å². The van der Waals surface area contributed by atoms with Gasteiger partial charge in [-0.2, -0.15) is 0 Å². The third-order valence-electron chi connectivity index (χ3n) is 5.43. The zero-order valence-corrected chi connectivity index (χ0v) is 14.9. The highest BCUT2D eigenvalue weighted by Gasteiger charge is 2.33. The zero-order chi connectivity index (χ0) is 17.9. The van der Waals surface area contributed by atoms with Crippen molar-refractivity contribution in [2.24, 2.45) is 5.92 Å². The van der Waals surface area contributed by atoms with E-state index >= 15 is 0 Å². The van der Waals surface area contributed by atoms with Crippen LogP contribution in [0.5, 0.6) is 0 Å². The van der Waals surface area contributed by atoms with Gasteiger partial charge in [0.05, 0.1) is 31.4 Å². The summed E-state index contributed by atoms with van der Waals surface area (Å²) >= 11 is 0. The topological polar surface area (TPSA) is 65.9 Å². The SMILES string of the molecule is O=C(CN1C[C@@H](Cc2ccnc3ccccc23)[C@H](O)C1)N1CCOCC1. The number of β-amino-alcohol motifs (C(OH)–C–C–N with tert-alkyl or cyclic N) is 1. The summed E-state index contributed by atoms with van der Waals surface area (Å²) in [6.07, 6.45) is 2.23. The van der Waals surface area contributed by atoms with E-state index in [9.17, 15) is 9.90 Å². The first-order valence-corrected chi connectivity index (χ1v) is 9.29. The summed E-state index contributed by atoms with van der Waals surface area (Å²) in [5.74, 6) is 0.272. The van der Waals surface area contributed by atoms with Gasteiger partial charge in [-0.1, -0.05) is 18.2 Å². The summed E-state index contributed by atoms with van der Waals surface area (Å²) in [5.41, 5.74) is 2.19. The Morgan fingerprint density at radius 1 is 1.19 bits per heavy atom. The lowest BCUT2D eigenvalue weighted by molar-refractivity contribution is -0.136. The second-order valence-corrected chi connectivity index (χ2v) is 7.21. The first-order valence-electron chi connectivity index (χ1n) is 9.29. The molecule has 0 bridgehead atoms. The van der Waals surface area contributed by atoms with Crippen LogP contribution in [-0.4, -0.2) is 77.8 Å². The van der Waals surface area contributed by atoms with Crippen LogP contribution in [0, 0.1) is 5.92 Å². The highest BCUT2D eigenvalue weighted by atomic mass is 16.5. The minimum Gasteiger partial charge on any atom is -0.391 e. The normalized spacial score (nSPS) is 24.3. The molecule has 2 aliphatic heterocycles. The van der Waals surface area contributed by atoms with E-state index in [1.54, 1.807) is 0 Å². The fourth-order valence-corrected chi connectivity index (χ4v) is 3.99. The lowest BCUT2D eigenvalue weighted by Crippen LogP contribution is -2.45. The molecule has 1 aromatic carbocycles. The number of rotatable bonds is 4. The van der Waals surface area contributed by atoms with Crippen molar-refractivity contribution in [2.75, 3.05) is 45.9 Å². The van der Waals surface area contributed by atoms with Crippen molar-refractivity contribution < 1.29 is 14.6 Å². The van der Waals surface area contributed by atoms with Crippen molar-refractivity contribution in [1.29, 1.82) is 0 Å². The zero-order valence-electron chi connectivity index (χ0n) is 14.9. The van der Waals surface area contributed by atoms with Crippen molar-refractivity contribution in [3.8, 4) is 0 Å². The predicted octanol–water partition coefficient (Wildman–Crippen LogP) is 0.929.